The summed E-state index contributed by atoms with van der Waals surface area (Å²) in [5, 5.41) is 7.53. The third-order valence-corrected chi connectivity index (χ3v) is 11.3. The fourth-order valence-corrected chi connectivity index (χ4v) is 8.36. The molecule has 0 aliphatic heterocycles. The fraction of sp³-hybridized carbons (Fsp3) is 0.250. The maximum atomic E-state index is 9.04. The summed E-state index contributed by atoms with van der Waals surface area (Å²) in [6.07, 6.45) is 1.97. The van der Waals surface area contributed by atoms with Gasteiger partial charge in [0.25, 0.3) is 0 Å². The van der Waals surface area contributed by atoms with Crippen LogP contribution in [0.5, 0.6) is 0 Å². The van der Waals surface area contributed by atoms with Crippen molar-refractivity contribution in [1.29, 1.82) is 0 Å². The SMILES string of the molecule is [2H]C(C)(C)c1cc(-c2[c-]cccc2)ncc1[Si](C)(C)C.[2H]c1nc(-c2[c-]ccc3c2oc2cc4c(ccc5ccccc54)cc23)c([2H])c(CC(C)(C)C)c1C([2H])([2H])[2H].[Ir]. The number of hydrogen-bond acceptors (Lipinski definition) is 3. The second-order valence-electron chi connectivity index (χ2n) is 16.0. The third kappa shape index (κ3) is 8.09. The van der Waals surface area contributed by atoms with E-state index in [0.29, 0.717) is 28.7 Å². The second kappa shape index (κ2) is 15.1. The van der Waals surface area contributed by atoms with Gasteiger partial charge in [0.1, 0.15) is 5.58 Å². The van der Waals surface area contributed by atoms with Crippen LogP contribution in [0.4, 0.5) is 0 Å². The Balaban J connectivity index is 0.000000236. The van der Waals surface area contributed by atoms with E-state index < -0.39 is 20.8 Å². The topological polar surface area (TPSA) is 38.9 Å². The van der Waals surface area contributed by atoms with E-state index in [0.717, 1.165) is 49.1 Å². The average molecular weight is 895 g/mol. The number of pyridine rings is 2. The molecule has 5 aromatic carbocycles. The second-order valence-corrected chi connectivity index (χ2v) is 21.0. The Hall–Kier alpha value is -4.41. The van der Waals surface area contributed by atoms with Crippen LogP contribution in [0.25, 0.3) is 66.0 Å². The maximum Gasteiger partial charge on any atom is 0.121 e. The summed E-state index contributed by atoms with van der Waals surface area (Å²) in [6, 6.07) is 36.6. The van der Waals surface area contributed by atoms with Gasteiger partial charge in [-0.2, -0.15) is 0 Å². The van der Waals surface area contributed by atoms with Crippen molar-refractivity contribution >= 4 is 56.7 Å². The molecule has 0 spiro atoms. The Bertz CT molecular complexity index is 2830. The van der Waals surface area contributed by atoms with Gasteiger partial charge in [0.15, 0.2) is 0 Å². The third-order valence-electron chi connectivity index (χ3n) is 9.33. The molecule has 0 aliphatic rings. The molecule has 53 heavy (non-hydrogen) atoms. The predicted octanol–water partition coefficient (Wildman–Crippen LogP) is 12.9. The van der Waals surface area contributed by atoms with E-state index in [1.807, 2.05) is 89.3 Å². The normalized spacial score (nSPS) is 14.0. The number of nitrogens with zero attached hydrogens (tertiary/aromatic N) is 2. The van der Waals surface area contributed by atoms with Crippen molar-refractivity contribution in [2.75, 3.05) is 0 Å². The van der Waals surface area contributed by atoms with Crippen molar-refractivity contribution in [2.45, 2.75) is 73.4 Å². The number of rotatable bonds is 5. The van der Waals surface area contributed by atoms with Crippen molar-refractivity contribution in [1.82, 2.24) is 9.97 Å². The van der Waals surface area contributed by atoms with Gasteiger partial charge < -0.3 is 14.4 Å². The van der Waals surface area contributed by atoms with Gasteiger partial charge in [-0.1, -0.05) is 125 Å². The molecule has 0 amide bonds. The van der Waals surface area contributed by atoms with Crippen LogP contribution in [0.2, 0.25) is 19.6 Å². The summed E-state index contributed by atoms with van der Waals surface area (Å²) in [7, 11) is -1.50. The number of furan rings is 1. The standard InChI is InChI=1S/C31H26NO.C17H22NSi.Ir/c1-19-18-32-28(15-22(19)17-31(2,3)4)25-11-7-10-24-27-14-21-13-12-20-8-5-6-9-23(20)26(21)16-29(27)33-30(24)25;1-13(2)15-11-16(14-9-7-6-8-10-14)18-12-17(15)19(3,4)5;/h5-10,12-16,18H,17H2,1-4H3;6-9,11-13H,1-5H3;/q2*-1;/i1D3,15D,18D;13D;. The molecule has 5 heteroatoms. The van der Waals surface area contributed by atoms with E-state index in [1.165, 1.54) is 5.19 Å². The molecule has 1 radical (unpaired) electrons. The molecular formula is C48H48IrN2OSi-2. The number of fused-ring (bicyclic) bond motifs is 6. The Labute approximate surface area is 337 Å². The molecule has 0 atom stereocenters. The van der Waals surface area contributed by atoms with Crippen molar-refractivity contribution in [2.24, 2.45) is 5.41 Å². The fourth-order valence-electron chi connectivity index (χ4n) is 6.78. The van der Waals surface area contributed by atoms with Gasteiger partial charge in [-0.05, 0) is 80.4 Å². The van der Waals surface area contributed by atoms with E-state index in [2.05, 4.69) is 78.1 Å². The Morgan fingerprint density at radius 1 is 0.830 bits per heavy atom. The van der Waals surface area contributed by atoms with Crippen LogP contribution in [0.15, 0.2) is 114 Å². The minimum Gasteiger partial charge on any atom is -0.501 e. The molecular weight excluding hydrogens is 841 g/mol. The molecule has 0 aliphatic carbocycles. The smallest absolute Gasteiger partial charge is 0.121 e. The van der Waals surface area contributed by atoms with Gasteiger partial charge in [0, 0.05) is 43.3 Å². The zero-order valence-corrected chi connectivity index (χ0v) is 35.0. The number of benzene rings is 5. The van der Waals surface area contributed by atoms with Crippen molar-refractivity contribution in [3.63, 3.8) is 0 Å². The van der Waals surface area contributed by atoms with Crippen LogP contribution < -0.4 is 5.19 Å². The summed E-state index contributed by atoms with van der Waals surface area (Å²) in [5.41, 5.74) is 4.76. The summed E-state index contributed by atoms with van der Waals surface area (Å²) in [6.45, 7) is 14.2. The Morgan fingerprint density at radius 3 is 2.32 bits per heavy atom. The van der Waals surface area contributed by atoms with Crippen molar-refractivity contribution < 1.29 is 32.7 Å². The first-order valence-corrected chi connectivity index (χ1v) is 21.3. The van der Waals surface area contributed by atoms with Gasteiger partial charge in [-0.25, -0.2) is 0 Å². The van der Waals surface area contributed by atoms with Crippen LogP contribution in [0, 0.1) is 24.4 Å². The zero-order valence-electron chi connectivity index (χ0n) is 37.6. The monoisotopic (exact) mass is 895 g/mol. The summed E-state index contributed by atoms with van der Waals surface area (Å²) in [5.74, 6) is -0.609. The molecule has 8 rings (SSSR count). The number of aromatic nitrogens is 2. The molecule has 0 bridgehead atoms. The van der Waals surface area contributed by atoms with Gasteiger partial charge >= 0.3 is 0 Å². The van der Waals surface area contributed by atoms with Crippen LogP contribution in [0.3, 0.4) is 0 Å². The zero-order chi connectivity index (χ0) is 41.9. The largest absolute Gasteiger partial charge is 0.501 e. The first-order chi connectivity index (χ1) is 27.1. The van der Waals surface area contributed by atoms with Crippen LogP contribution in [-0.2, 0) is 26.5 Å². The Kier molecular flexibility index (Phi) is 8.85. The van der Waals surface area contributed by atoms with Crippen molar-refractivity contribution in [3.05, 3.63) is 138 Å². The molecule has 0 saturated heterocycles. The first-order valence-electron chi connectivity index (χ1n) is 20.8. The van der Waals surface area contributed by atoms with Crippen LogP contribution >= 0.6 is 0 Å². The average Bonchev–Trinajstić information content (AvgIpc) is 3.51. The van der Waals surface area contributed by atoms with Crippen molar-refractivity contribution in [3.8, 4) is 22.5 Å². The molecule has 8 aromatic rings. The first kappa shape index (κ1) is 31.0. The molecule has 0 N–H and O–H groups in total. The molecule has 3 nitrogen and oxygen atoms in total. The van der Waals surface area contributed by atoms with E-state index in [1.54, 1.807) is 6.07 Å². The van der Waals surface area contributed by atoms with E-state index in [4.69, 9.17) is 12.6 Å². The molecule has 271 valence electrons. The quantitative estimate of drug-likeness (QED) is 0.0982. The van der Waals surface area contributed by atoms with E-state index in [-0.39, 0.29) is 49.0 Å². The van der Waals surface area contributed by atoms with E-state index in [9.17, 15) is 0 Å². The van der Waals surface area contributed by atoms with E-state index >= 15 is 0 Å². The molecule has 0 unspecified atom stereocenters. The van der Waals surface area contributed by atoms with Gasteiger partial charge in [0.05, 0.1) is 16.4 Å². The maximum absolute atomic E-state index is 9.04. The summed E-state index contributed by atoms with van der Waals surface area (Å²) >= 11 is 0. The molecule has 0 saturated carbocycles. The van der Waals surface area contributed by atoms with Gasteiger partial charge in [0.2, 0.25) is 0 Å². The molecule has 3 heterocycles. The van der Waals surface area contributed by atoms with Crippen LogP contribution in [-0.4, -0.2) is 18.0 Å². The number of hydrogen-bond donors (Lipinski definition) is 0. The minimum absolute atomic E-state index is 0. The summed E-state index contributed by atoms with van der Waals surface area (Å²) < 4.78 is 56.5. The Morgan fingerprint density at radius 2 is 1.60 bits per heavy atom. The predicted molar refractivity (Wildman–Crippen MR) is 224 cm³/mol. The summed E-state index contributed by atoms with van der Waals surface area (Å²) in [4.78, 5) is 8.95. The minimum atomic E-state index is -2.54. The van der Waals surface area contributed by atoms with Gasteiger partial charge in [-0.3, -0.25) is 0 Å². The molecule has 3 aromatic heterocycles. The van der Waals surface area contributed by atoms with Gasteiger partial charge in [-0.15, -0.1) is 54.1 Å². The van der Waals surface area contributed by atoms with Crippen LogP contribution in [0.1, 0.15) is 65.4 Å². The molecule has 0 fully saturated rings.